The van der Waals surface area contributed by atoms with Gasteiger partial charge in [0.05, 0.1) is 48.6 Å². The Hall–Kier alpha value is -6.54. The first kappa shape index (κ1) is 44.0. The lowest BCUT2D eigenvalue weighted by Crippen LogP contribution is -2.39. The SMILES string of the molecule is CC(C)COc1cc(C(=O)Nc2ccc(C(=O)N[C@H]3CC[C@H](C(=O)Nc4cnc5ccccc5c4)CC3)cc2OCC(C)C)ccc1NC(=O)c1ccc(F)c(OCCO)c1. The molecule has 1 aliphatic carbocycles. The second kappa shape index (κ2) is 20.6. The molecule has 4 aromatic carbocycles. The number of amides is 4. The van der Waals surface area contributed by atoms with Crippen molar-refractivity contribution >= 4 is 51.6 Å². The molecule has 0 aliphatic heterocycles. The topological polar surface area (TPSA) is 177 Å². The minimum absolute atomic E-state index is 0.0593. The smallest absolute Gasteiger partial charge is 0.255 e. The van der Waals surface area contributed by atoms with E-state index in [2.05, 4.69) is 26.3 Å². The summed E-state index contributed by atoms with van der Waals surface area (Å²) < 4.78 is 31.5. The molecule has 5 aromatic rings. The summed E-state index contributed by atoms with van der Waals surface area (Å²) in [6.45, 7) is 8.07. The number of benzene rings is 4. The number of hydrogen-bond acceptors (Lipinski definition) is 9. The van der Waals surface area contributed by atoms with E-state index in [1.165, 1.54) is 24.3 Å². The van der Waals surface area contributed by atoms with E-state index in [0.29, 0.717) is 61.6 Å². The highest BCUT2D eigenvalue weighted by atomic mass is 19.1. The first-order valence-electron chi connectivity index (χ1n) is 20.5. The van der Waals surface area contributed by atoms with Gasteiger partial charge in [0.1, 0.15) is 18.1 Å². The van der Waals surface area contributed by atoms with Gasteiger partial charge >= 0.3 is 0 Å². The predicted octanol–water partition coefficient (Wildman–Crippen LogP) is 8.25. The van der Waals surface area contributed by atoms with Crippen molar-refractivity contribution in [3.05, 3.63) is 114 Å². The van der Waals surface area contributed by atoms with Gasteiger partial charge in [-0.3, -0.25) is 24.2 Å². The number of carbonyl (C=O) groups is 4. The van der Waals surface area contributed by atoms with Crippen LogP contribution in [0.2, 0.25) is 0 Å². The van der Waals surface area contributed by atoms with Crippen LogP contribution in [0.15, 0.2) is 91.1 Å². The van der Waals surface area contributed by atoms with Crippen LogP contribution in [-0.4, -0.2) is 66.2 Å². The lowest BCUT2D eigenvalue weighted by Gasteiger charge is -2.28. The number of ether oxygens (including phenoxy) is 3. The summed E-state index contributed by atoms with van der Waals surface area (Å²) in [6, 6.07) is 22.6. The Morgan fingerprint density at radius 2 is 1.25 bits per heavy atom. The van der Waals surface area contributed by atoms with E-state index in [9.17, 15) is 23.6 Å². The molecule has 0 saturated heterocycles. The van der Waals surface area contributed by atoms with Crippen molar-refractivity contribution in [2.24, 2.45) is 17.8 Å². The fraction of sp³-hybridized carbons (Fsp3) is 0.340. The van der Waals surface area contributed by atoms with Gasteiger partial charge in [0, 0.05) is 34.0 Å². The maximum absolute atomic E-state index is 14.2. The molecule has 320 valence electrons. The fourth-order valence-electron chi connectivity index (χ4n) is 6.74. The van der Waals surface area contributed by atoms with Crippen LogP contribution in [0.25, 0.3) is 10.9 Å². The highest BCUT2D eigenvalue weighted by Gasteiger charge is 2.28. The van der Waals surface area contributed by atoms with E-state index in [-0.39, 0.29) is 77.1 Å². The van der Waals surface area contributed by atoms with Gasteiger partial charge in [0.15, 0.2) is 11.6 Å². The van der Waals surface area contributed by atoms with Gasteiger partial charge in [-0.25, -0.2) is 4.39 Å². The number of carbonyl (C=O) groups excluding carboxylic acids is 4. The van der Waals surface area contributed by atoms with Crippen molar-refractivity contribution in [1.82, 2.24) is 10.3 Å². The Morgan fingerprint density at radius 1 is 0.689 bits per heavy atom. The van der Waals surface area contributed by atoms with Crippen LogP contribution in [0.1, 0.15) is 84.5 Å². The number of anilines is 3. The summed E-state index contributed by atoms with van der Waals surface area (Å²) in [5, 5.41) is 21.8. The van der Waals surface area contributed by atoms with Crippen molar-refractivity contribution in [3.8, 4) is 17.2 Å². The maximum atomic E-state index is 14.2. The number of fused-ring (bicyclic) bond motifs is 1. The van der Waals surface area contributed by atoms with E-state index < -0.39 is 17.6 Å². The zero-order chi connectivity index (χ0) is 43.5. The second-order valence-electron chi connectivity index (χ2n) is 15.9. The van der Waals surface area contributed by atoms with Crippen LogP contribution >= 0.6 is 0 Å². The third-order valence-electron chi connectivity index (χ3n) is 9.96. The average molecular weight is 834 g/mol. The van der Waals surface area contributed by atoms with Gasteiger partial charge in [-0.15, -0.1) is 0 Å². The van der Waals surface area contributed by atoms with E-state index in [1.807, 2.05) is 58.0 Å². The first-order chi connectivity index (χ1) is 29.4. The molecular formula is C47H52FN5O8. The Balaban J connectivity index is 1.10. The molecule has 0 bridgehead atoms. The van der Waals surface area contributed by atoms with Gasteiger partial charge in [0.2, 0.25) is 5.91 Å². The normalized spacial score (nSPS) is 15.0. The van der Waals surface area contributed by atoms with Crippen molar-refractivity contribution < 1.29 is 42.9 Å². The highest BCUT2D eigenvalue weighted by molar-refractivity contribution is 6.08. The van der Waals surface area contributed by atoms with Crippen LogP contribution in [0.4, 0.5) is 21.5 Å². The largest absolute Gasteiger partial charge is 0.491 e. The van der Waals surface area contributed by atoms with Gasteiger partial charge in [-0.1, -0.05) is 45.9 Å². The zero-order valence-corrected chi connectivity index (χ0v) is 34.8. The summed E-state index contributed by atoms with van der Waals surface area (Å²) in [5.41, 5.74) is 2.85. The Bertz CT molecular complexity index is 2360. The van der Waals surface area contributed by atoms with Crippen LogP contribution in [0.5, 0.6) is 17.2 Å². The van der Waals surface area contributed by atoms with Crippen molar-refractivity contribution in [1.29, 1.82) is 0 Å². The minimum Gasteiger partial charge on any atom is -0.491 e. The first-order valence-corrected chi connectivity index (χ1v) is 20.5. The predicted molar refractivity (Wildman–Crippen MR) is 232 cm³/mol. The van der Waals surface area contributed by atoms with Crippen molar-refractivity contribution in [3.63, 3.8) is 0 Å². The molecular weight excluding hydrogens is 782 g/mol. The molecule has 4 amide bonds. The molecule has 13 nitrogen and oxygen atoms in total. The quantitative estimate of drug-likeness (QED) is 0.0618. The van der Waals surface area contributed by atoms with E-state index >= 15 is 0 Å². The third kappa shape index (κ3) is 12.0. The van der Waals surface area contributed by atoms with Gasteiger partial charge < -0.3 is 40.6 Å². The summed E-state index contributed by atoms with van der Waals surface area (Å²) in [5.74, 6) is -1.59. The third-order valence-corrected chi connectivity index (χ3v) is 9.96. The summed E-state index contributed by atoms with van der Waals surface area (Å²) in [6.07, 6.45) is 4.20. The van der Waals surface area contributed by atoms with Gasteiger partial charge in [0.25, 0.3) is 17.7 Å². The molecule has 14 heteroatoms. The number of rotatable bonds is 17. The molecule has 0 radical (unpaired) electrons. The Labute approximate surface area is 354 Å². The molecule has 0 atom stereocenters. The lowest BCUT2D eigenvalue weighted by molar-refractivity contribution is -0.120. The number of pyridine rings is 1. The maximum Gasteiger partial charge on any atom is 0.255 e. The number of halogens is 1. The van der Waals surface area contributed by atoms with Gasteiger partial charge in [-0.2, -0.15) is 0 Å². The second-order valence-corrected chi connectivity index (χ2v) is 15.9. The van der Waals surface area contributed by atoms with Crippen molar-refractivity contribution in [2.45, 2.75) is 59.4 Å². The lowest BCUT2D eigenvalue weighted by atomic mass is 9.85. The number of nitrogens with one attached hydrogen (secondary N) is 4. The molecule has 1 aromatic heterocycles. The minimum atomic E-state index is -0.675. The molecule has 61 heavy (non-hydrogen) atoms. The van der Waals surface area contributed by atoms with E-state index in [4.69, 9.17) is 19.3 Å². The molecule has 5 N–H and O–H groups in total. The molecule has 1 heterocycles. The van der Waals surface area contributed by atoms with Crippen molar-refractivity contribution in [2.75, 3.05) is 42.4 Å². The summed E-state index contributed by atoms with van der Waals surface area (Å²) in [7, 11) is 0. The van der Waals surface area contributed by atoms with Crippen LogP contribution in [0, 0.1) is 23.6 Å². The molecule has 6 rings (SSSR count). The molecule has 1 fully saturated rings. The zero-order valence-electron chi connectivity index (χ0n) is 34.8. The summed E-state index contributed by atoms with van der Waals surface area (Å²) >= 11 is 0. The fourth-order valence-corrected chi connectivity index (χ4v) is 6.74. The number of para-hydroxylation sites is 1. The molecule has 0 unspecified atom stereocenters. The van der Waals surface area contributed by atoms with Crippen LogP contribution in [-0.2, 0) is 4.79 Å². The molecule has 0 spiro atoms. The van der Waals surface area contributed by atoms with Gasteiger partial charge in [-0.05, 0) is 104 Å². The molecule has 1 saturated carbocycles. The number of hydrogen-bond donors (Lipinski definition) is 5. The Kier molecular flexibility index (Phi) is 14.9. The number of aliphatic hydroxyl groups excluding tert-OH is 1. The summed E-state index contributed by atoms with van der Waals surface area (Å²) in [4.78, 5) is 58.0. The number of aliphatic hydroxyl groups is 1. The Morgan fingerprint density at radius 3 is 1.84 bits per heavy atom. The highest BCUT2D eigenvalue weighted by Crippen LogP contribution is 2.32. The van der Waals surface area contributed by atoms with Crippen LogP contribution < -0.4 is 35.5 Å². The monoisotopic (exact) mass is 833 g/mol. The van der Waals surface area contributed by atoms with Crippen LogP contribution in [0.3, 0.4) is 0 Å². The number of nitrogens with zero attached hydrogens (tertiary/aromatic N) is 1. The standard InChI is InChI=1S/C47H52FN5O8/c1-28(2)26-60-42-23-33(45(56)50-35-14-9-30(10-15-35)44(55)51-36-21-31-7-5-6-8-38(31)49-25-36)12-17-39(42)53-47(58)34-13-18-40(43(24-34)61-27-29(3)4)52-46(57)32-11-16-37(48)41(22-32)59-20-19-54/h5-8,11-13,16-18,21-25,28-30,35,54H,9-10,14-15,19-20,26-27H2,1-4H3,(H,50,56)(H,51,55)(H,52,57)(H,53,58)/t30-,35-. The van der Waals surface area contributed by atoms with E-state index in [0.717, 1.165) is 17.0 Å². The van der Waals surface area contributed by atoms with E-state index in [1.54, 1.807) is 30.5 Å². The number of aromatic nitrogens is 1. The molecule has 1 aliphatic rings. The average Bonchev–Trinajstić information content (AvgIpc) is 3.25.